The number of carbonyl (C=O) groups excluding carboxylic acids is 1. The van der Waals surface area contributed by atoms with Gasteiger partial charge in [0.2, 0.25) is 3.64 Å². The summed E-state index contributed by atoms with van der Waals surface area (Å²) >= 11 is 8.22. The molecular formula is C10H19O6PS4. The van der Waals surface area contributed by atoms with Gasteiger partial charge in [0.1, 0.15) is 11.7 Å². The van der Waals surface area contributed by atoms with E-state index in [1.807, 2.05) is 0 Å². The van der Waals surface area contributed by atoms with Crippen molar-refractivity contribution in [3.05, 3.63) is 0 Å². The van der Waals surface area contributed by atoms with E-state index >= 15 is 0 Å². The molecule has 0 spiro atoms. The molecule has 0 aromatic carbocycles. The third-order valence-corrected chi connectivity index (χ3v) is 11.6. The SMILES string of the molecule is CCC(CC)(CC(=O)O)C(=O)OSP(=S)(SOC)SOC. The molecule has 0 aliphatic heterocycles. The Labute approximate surface area is 142 Å². The summed E-state index contributed by atoms with van der Waals surface area (Å²) < 4.78 is 12.8. The van der Waals surface area contributed by atoms with Crippen molar-refractivity contribution in [3.8, 4) is 0 Å². The first-order valence-electron chi connectivity index (χ1n) is 5.96. The lowest BCUT2D eigenvalue weighted by atomic mass is 9.79. The maximum Gasteiger partial charge on any atom is 0.325 e. The minimum absolute atomic E-state index is 0.267. The molecule has 0 rings (SSSR count). The number of hydrogen-bond acceptors (Lipinski definition) is 9. The molecule has 0 aliphatic carbocycles. The number of hydrogen-bond donors (Lipinski definition) is 1. The molecule has 0 heterocycles. The van der Waals surface area contributed by atoms with Crippen LogP contribution in [0.3, 0.4) is 0 Å². The molecule has 124 valence electrons. The fraction of sp³-hybridized carbons (Fsp3) is 0.800. The standard InChI is InChI=1S/C10H19O6PS4/c1-5-10(6-2,7-8(11)12)9(13)16-21-17(18,19-14-3)20-15-4/h5-7H2,1-4H3,(H,11,12). The summed E-state index contributed by atoms with van der Waals surface area (Å²) in [7, 11) is 2.94. The van der Waals surface area contributed by atoms with E-state index in [0.29, 0.717) is 12.8 Å². The Morgan fingerprint density at radius 3 is 1.95 bits per heavy atom. The zero-order chi connectivity index (χ0) is 16.5. The highest BCUT2D eigenvalue weighted by Gasteiger charge is 2.40. The largest absolute Gasteiger partial charge is 0.481 e. The lowest BCUT2D eigenvalue weighted by Crippen LogP contribution is -2.33. The number of carbonyl (C=O) groups is 2. The molecule has 0 saturated heterocycles. The van der Waals surface area contributed by atoms with Crippen LogP contribution >= 0.6 is 38.6 Å². The van der Waals surface area contributed by atoms with Gasteiger partial charge in [-0.15, -0.1) is 0 Å². The Morgan fingerprint density at radius 2 is 1.62 bits per heavy atom. The molecule has 0 radical (unpaired) electrons. The topological polar surface area (TPSA) is 82.1 Å². The van der Waals surface area contributed by atoms with Gasteiger partial charge in [0, 0.05) is 0 Å². The number of aliphatic carboxylic acids is 1. The summed E-state index contributed by atoms with van der Waals surface area (Å²) in [6.07, 6.45) is 0.497. The van der Waals surface area contributed by atoms with Crippen LogP contribution in [-0.2, 0) is 33.9 Å². The van der Waals surface area contributed by atoms with Gasteiger partial charge in [-0.3, -0.25) is 9.59 Å². The maximum absolute atomic E-state index is 12.3. The van der Waals surface area contributed by atoms with E-state index < -0.39 is 21.0 Å². The number of carboxylic acid groups (broad SMARTS) is 1. The van der Waals surface area contributed by atoms with Gasteiger partial charge in [-0.1, -0.05) is 25.7 Å². The van der Waals surface area contributed by atoms with Gasteiger partial charge in [-0.05, 0) is 12.8 Å². The summed E-state index contributed by atoms with van der Waals surface area (Å²) in [6.45, 7) is 3.53. The van der Waals surface area contributed by atoms with Crippen LogP contribution in [-0.4, -0.2) is 31.3 Å². The van der Waals surface area contributed by atoms with Crippen LogP contribution in [0.25, 0.3) is 0 Å². The molecule has 0 amide bonds. The molecule has 0 aromatic rings. The summed E-state index contributed by atoms with van der Waals surface area (Å²) in [5.41, 5.74) is -1.03. The lowest BCUT2D eigenvalue weighted by molar-refractivity contribution is -0.153. The molecule has 21 heavy (non-hydrogen) atoms. The van der Waals surface area contributed by atoms with Crippen molar-refractivity contribution in [2.75, 3.05) is 14.2 Å². The highest BCUT2D eigenvalue weighted by Crippen LogP contribution is 2.78. The molecule has 0 atom stereocenters. The minimum atomic E-state index is -2.35. The van der Waals surface area contributed by atoms with Gasteiger partial charge in [-0.2, -0.15) is 0 Å². The number of carboxylic acids is 1. The Hall–Kier alpha value is 0.560. The van der Waals surface area contributed by atoms with Crippen molar-refractivity contribution in [1.82, 2.24) is 0 Å². The highest BCUT2D eigenvalue weighted by atomic mass is 33.5. The van der Waals surface area contributed by atoms with E-state index in [1.165, 1.54) is 14.2 Å². The Kier molecular flexibility index (Phi) is 10.6. The normalized spacial score (nSPS) is 12.2. The zero-order valence-electron chi connectivity index (χ0n) is 12.2. The Balaban J connectivity index is 4.90. The van der Waals surface area contributed by atoms with Crippen LogP contribution in [0, 0.1) is 5.41 Å². The van der Waals surface area contributed by atoms with Crippen LogP contribution in [0.4, 0.5) is 0 Å². The van der Waals surface area contributed by atoms with Crippen molar-refractivity contribution in [1.29, 1.82) is 0 Å². The van der Waals surface area contributed by atoms with E-state index in [2.05, 4.69) is 0 Å². The van der Waals surface area contributed by atoms with Crippen molar-refractivity contribution < 1.29 is 27.2 Å². The first-order chi connectivity index (χ1) is 9.79. The second-order valence-electron chi connectivity index (χ2n) is 3.93. The Morgan fingerprint density at radius 1 is 1.14 bits per heavy atom. The predicted molar refractivity (Wildman–Crippen MR) is 92.4 cm³/mol. The first kappa shape index (κ1) is 21.6. The van der Waals surface area contributed by atoms with E-state index in [4.69, 9.17) is 29.5 Å². The summed E-state index contributed by atoms with van der Waals surface area (Å²) in [5, 5.41) is 8.98. The molecule has 0 fully saturated rings. The predicted octanol–water partition coefficient (Wildman–Crippen LogP) is 4.27. The number of rotatable bonds is 11. The van der Waals surface area contributed by atoms with Crippen LogP contribution in [0.5, 0.6) is 0 Å². The molecule has 0 aromatic heterocycles. The van der Waals surface area contributed by atoms with Gasteiger partial charge < -0.3 is 17.7 Å². The van der Waals surface area contributed by atoms with E-state index in [1.54, 1.807) is 13.8 Å². The summed E-state index contributed by atoms with van der Waals surface area (Å²) in [5.74, 6) is -1.60. The fourth-order valence-corrected chi connectivity index (χ4v) is 8.89. The van der Waals surface area contributed by atoms with Crippen LogP contribution in [0.2, 0.25) is 0 Å². The minimum Gasteiger partial charge on any atom is -0.481 e. The molecule has 0 aliphatic rings. The third-order valence-electron chi connectivity index (χ3n) is 2.81. The van der Waals surface area contributed by atoms with Crippen molar-refractivity contribution in [2.45, 2.75) is 33.1 Å². The van der Waals surface area contributed by atoms with Crippen LogP contribution in [0.1, 0.15) is 33.1 Å². The highest BCUT2D eigenvalue weighted by molar-refractivity contribution is 9.21. The smallest absolute Gasteiger partial charge is 0.325 e. The average molecular weight is 394 g/mol. The lowest BCUT2D eigenvalue weighted by Gasteiger charge is -2.27. The molecule has 11 heteroatoms. The average Bonchev–Trinajstić information content (AvgIpc) is 2.42. The molecule has 0 saturated carbocycles. The second kappa shape index (κ2) is 10.4. The molecule has 6 nitrogen and oxygen atoms in total. The van der Waals surface area contributed by atoms with Gasteiger partial charge in [0.25, 0.3) is 0 Å². The quantitative estimate of drug-likeness (QED) is 0.405. The zero-order valence-corrected chi connectivity index (χ0v) is 16.4. The van der Waals surface area contributed by atoms with E-state index in [0.717, 1.165) is 35.0 Å². The maximum atomic E-state index is 12.3. The Bertz CT molecular complexity index is 391. The molecule has 0 unspecified atom stereocenters. The second-order valence-corrected chi connectivity index (χ2v) is 18.2. The summed E-state index contributed by atoms with van der Waals surface area (Å²) in [6, 6.07) is 0. The van der Waals surface area contributed by atoms with Crippen molar-refractivity contribution in [3.63, 3.8) is 0 Å². The van der Waals surface area contributed by atoms with Gasteiger partial charge in [0.05, 0.1) is 49.4 Å². The monoisotopic (exact) mass is 394 g/mol. The van der Waals surface area contributed by atoms with Gasteiger partial charge in [-0.25, -0.2) is 0 Å². The molecule has 1 N–H and O–H groups in total. The third kappa shape index (κ3) is 7.11. The van der Waals surface area contributed by atoms with Crippen molar-refractivity contribution >= 4 is 62.4 Å². The van der Waals surface area contributed by atoms with E-state index in [-0.39, 0.29) is 6.42 Å². The molecular weight excluding hydrogens is 375 g/mol. The van der Waals surface area contributed by atoms with E-state index in [9.17, 15) is 9.59 Å². The van der Waals surface area contributed by atoms with Crippen molar-refractivity contribution in [2.24, 2.45) is 5.41 Å². The van der Waals surface area contributed by atoms with Crippen LogP contribution < -0.4 is 0 Å². The summed E-state index contributed by atoms with van der Waals surface area (Å²) in [4.78, 5) is 23.2. The first-order valence-corrected chi connectivity index (χ1v) is 12.8. The molecule has 0 bridgehead atoms. The van der Waals surface area contributed by atoms with Crippen LogP contribution in [0.15, 0.2) is 0 Å². The van der Waals surface area contributed by atoms with Gasteiger partial charge in [0.15, 0.2) is 0 Å². The van der Waals surface area contributed by atoms with Gasteiger partial charge >= 0.3 is 11.9 Å². The fourth-order valence-electron chi connectivity index (χ4n) is 1.54.